The van der Waals surface area contributed by atoms with Crippen LogP contribution < -0.4 is 33.2 Å². The standard InChI is InChI=1S/C21H41N7O5/c1-2-3-4-5-6-7-8-11-25-20(33)16(13-18(30)31)28-17(29)14-27-19(32)15(22)10-9-12-26-21(23)24/h15-16H,2-14,22H2,1H3,(H,25,33)(H,27,32)(H,28,29)(H,30,31)(H4,23,24,26). The fraction of sp³-hybridized carbons (Fsp3) is 0.762. The number of aliphatic carboxylic acids is 1. The van der Waals surface area contributed by atoms with Crippen molar-refractivity contribution in [3.63, 3.8) is 0 Å². The van der Waals surface area contributed by atoms with Gasteiger partial charge < -0.3 is 38.3 Å². The molecule has 0 aromatic carbocycles. The highest BCUT2D eigenvalue weighted by Gasteiger charge is 2.24. The Balaban J connectivity index is 4.32. The lowest BCUT2D eigenvalue weighted by molar-refractivity contribution is -0.140. The number of hydrogen-bond acceptors (Lipinski definition) is 6. The maximum atomic E-state index is 12.3. The minimum absolute atomic E-state index is 0.0490. The van der Waals surface area contributed by atoms with Crippen LogP contribution in [0.2, 0.25) is 0 Å². The number of aliphatic imine (C=N–C) groups is 1. The van der Waals surface area contributed by atoms with E-state index in [1.54, 1.807) is 0 Å². The number of amides is 3. The van der Waals surface area contributed by atoms with Crippen molar-refractivity contribution in [2.24, 2.45) is 22.2 Å². The summed E-state index contributed by atoms with van der Waals surface area (Å²) in [7, 11) is 0. The molecule has 0 saturated heterocycles. The van der Waals surface area contributed by atoms with Crippen LogP contribution >= 0.6 is 0 Å². The molecule has 0 spiro atoms. The summed E-state index contributed by atoms with van der Waals surface area (Å²) in [5.74, 6) is -3.08. The number of hydrogen-bond donors (Lipinski definition) is 7. The number of rotatable bonds is 19. The first-order valence-electron chi connectivity index (χ1n) is 11.5. The van der Waals surface area contributed by atoms with Gasteiger partial charge in [-0.05, 0) is 19.3 Å². The number of carbonyl (C=O) groups excluding carboxylic acids is 3. The molecule has 0 bridgehead atoms. The first-order valence-corrected chi connectivity index (χ1v) is 11.5. The SMILES string of the molecule is CCCCCCCCCNC(=O)C(CC(=O)O)NC(=O)CNC(=O)C(N)CCCN=C(N)N. The highest BCUT2D eigenvalue weighted by molar-refractivity contribution is 5.92. The summed E-state index contributed by atoms with van der Waals surface area (Å²) in [5, 5.41) is 16.4. The molecule has 2 atom stereocenters. The molecule has 33 heavy (non-hydrogen) atoms. The van der Waals surface area contributed by atoms with E-state index < -0.39 is 48.7 Å². The summed E-state index contributed by atoms with van der Waals surface area (Å²) in [5.41, 5.74) is 16.2. The molecular weight excluding hydrogens is 430 g/mol. The van der Waals surface area contributed by atoms with E-state index in [0.717, 1.165) is 25.7 Å². The van der Waals surface area contributed by atoms with Crippen LogP contribution in [0.15, 0.2) is 4.99 Å². The van der Waals surface area contributed by atoms with Crippen molar-refractivity contribution in [2.45, 2.75) is 83.2 Å². The maximum absolute atomic E-state index is 12.3. The molecule has 0 aliphatic carbocycles. The lowest BCUT2D eigenvalue weighted by atomic mass is 10.1. The second-order valence-electron chi connectivity index (χ2n) is 7.90. The Morgan fingerprint density at radius 3 is 2.15 bits per heavy atom. The number of unbranched alkanes of at least 4 members (excludes halogenated alkanes) is 6. The summed E-state index contributed by atoms with van der Waals surface area (Å²) in [6.07, 6.45) is 7.84. The van der Waals surface area contributed by atoms with Gasteiger partial charge in [-0.1, -0.05) is 45.4 Å². The molecular formula is C21H41N7O5. The van der Waals surface area contributed by atoms with Gasteiger partial charge in [0, 0.05) is 13.1 Å². The van der Waals surface area contributed by atoms with E-state index in [4.69, 9.17) is 22.3 Å². The highest BCUT2D eigenvalue weighted by Crippen LogP contribution is 2.06. The van der Waals surface area contributed by atoms with E-state index >= 15 is 0 Å². The smallest absolute Gasteiger partial charge is 0.305 e. The highest BCUT2D eigenvalue weighted by atomic mass is 16.4. The monoisotopic (exact) mass is 471 g/mol. The number of nitrogens with zero attached hydrogens (tertiary/aromatic N) is 1. The van der Waals surface area contributed by atoms with Crippen LogP contribution in [0.25, 0.3) is 0 Å². The minimum atomic E-state index is -1.23. The van der Waals surface area contributed by atoms with Crippen molar-refractivity contribution in [1.29, 1.82) is 0 Å². The normalized spacial score (nSPS) is 12.3. The van der Waals surface area contributed by atoms with Gasteiger partial charge in [-0.25, -0.2) is 0 Å². The molecule has 3 amide bonds. The fourth-order valence-corrected chi connectivity index (χ4v) is 3.00. The molecule has 0 aliphatic rings. The molecule has 0 aromatic rings. The summed E-state index contributed by atoms with van der Waals surface area (Å²) >= 11 is 0. The average molecular weight is 472 g/mol. The van der Waals surface area contributed by atoms with E-state index in [1.807, 2.05) is 0 Å². The van der Waals surface area contributed by atoms with Gasteiger partial charge in [-0.2, -0.15) is 0 Å². The topological polar surface area (TPSA) is 215 Å². The summed E-state index contributed by atoms with van der Waals surface area (Å²) in [4.78, 5) is 51.3. The molecule has 0 aromatic heterocycles. The zero-order valence-corrected chi connectivity index (χ0v) is 19.6. The number of carbonyl (C=O) groups is 4. The van der Waals surface area contributed by atoms with E-state index in [0.29, 0.717) is 25.9 Å². The largest absolute Gasteiger partial charge is 0.481 e. The molecule has 12 nitrogen and oxygen atoms in total. The van der Waals surface area contributed by atoms with E-state index in [2.05, 4.69) is 27.9 Å². The third-order valence-electron chi connectivity index (χ3n) is 4.84. The summed E-state index contributed by atoms with van der Waals surface area (Å²) < 4.78 is 0. The number of carboxylic acid groups (broad SMARTS) is 1. The Hall–Kier alpha value is -2.89. The Labute approximate surface area is 195 Å². The van der Waals surface area contributed by atoms with Gasteiger partial charge in [0.2, 0.25) is 17.7 Å². The van der Waals surface area contributed by atoms with Crippen molar-refractivity contribution in [1.82, 2.24) is 16.0 Å². The first-order chi connectivity index (χ1) is 15.7. The van der Waals surface area contributed by atoms with Crippen LogP contribution in [0, 0.1) is 0 Å². The number of nitrogens with one attached hydrogen (secondary N) is 3. The molecule has 2 unspecified atom stereocenters. The van der Waals surface area contributed by atoms with Crippen molar-refractivity contribution in [3.8, 4) is 0 Å². The summed E-state index contributed by atoms with van der Waals surface area (Å²) in [6.45, 7) is 2.46. The van der Waals surface area contributed by atoms with Gasteiger partial charge in [0.1, 0.15) is 6.04 Å². The average Bonchev–Trinajstić information content (AvgIpc) is 2.75. The molecule has 0 heterocycles. The predicted octanol–water partition coefficient (Wildman–Crippen LogP) is -0.690. The zero-order valence-electron chi connectivity index (χ0n) is 19.6. The van der Waals surface area contributed by atoms with Crippen molar-refractivity contribution in [2.75, 3.05) is 19.6 Å². The zero-order chi connectivity index (χ0) is 25.1. The molecule has 0 aliphatic heterocycles. The van der Waals surface area contributed by atoms with Crippen LogP contribution in [0.1, 0.15) is 71.1 Å². The molecule has 12 heteroatoms. The Morgan fingerprint density at radius 1 is 0.909 bits per heavy atom. The van der Waals surface area contributed by atoms with Crippen LogP contribution in [-0.4, -0.2) is 66.5 Å². The van der Waals surface area contributed by atoms with Gasteiger partial charge in [-0.3, -0.25) is 24.2 Å². The Bertz CT molecular complexity index is 638. The fourth-order valence-electron chi connectivity index (χ4n) is 3.00. The number of nitrogens with two attached hydrogens (primary N) is 3. The predicted molar refractivity (Wildman–Crippen MR) is 126 cm³/mol. The number of carboxylic acids is 1. The molecule has 190 valence electrons. The van der Waals surface area contributed by atoms with Crippen LogP contribution in [-0.2, 0) is 19.2 Å². The number of guanidine groups is 1. The second-order valence-corrected chi connectivity index (χ2v) is 7.90. The molecule has 10 N–H and O–H groups in total. The van der Waals surface area contributed by atoms with Gasteiger partial charge in [0.15, 0.2) is 5.96 Å². The lowest BCUT2D eigenvalue weighted by Crippen LogP contribution is -2.51. The van der Waals surface area contributed by atoms with Crippen LogP contribution in [0.4, 0.5) is 0 Å². The maximum Gasteiger partial charge on any atom is 0.305 e. The Kier molecular flexibility index (Phi) is 17.0. The lowest BCUT2D eigenvalue weighted by Gasteiger charge is -2.17. The van der Waals surface area contributed by atoms with E-state index in [1.165, 1.54) is 19.3 Å². The van der Waals surface area contributed by atoms with E-state index in [9.17, 15) is 19.2 Å². The first kappa shape index (κ1) is 30.1. The van der Waals surface area contributed by atoms with Crippen LogP contribution in [0.3, 0.4) is 0 Å². The molecule has 0 fully saturated rings. The van der Waals surface area contributed by atoms with Gasteiger partial charge in [0.25, 0.3) is 0 Å². The molecule has 0 radical (unpaired) electrons. The third-order valence-corrected chi connectivity index (χ3v) is 4.84. The van der Waals surface area contributed by atoms with Crippen molar-refractivity contribution >= 4 is 29.7 Å². The minimum Gasteiger partial charge on any atom is -0.481 e. The molecule has 0 rings (SSSR count). The van der Waals surface area contributed by atoms with Crippen molar-refractivity contribution < 1.29 is 24.3 Å². The van der Waals surface area contributed by atoms with Gasteiger partial charge >= 0.3 is 5.97 Å². The summed E-state index contributed by atoms with van der Waals surface area (Å²) in [6, 6.07) is -2.09. The Morgan fingerprint density at radius 2 is 1.55 bits per heavy atom. The van der Waals surface area contributed by atoms with Crippen molar-refractivity contribution in [3.05, 3.63) is 0 Å². The van der Waals surface area contributed by atoms with Crippen LogP contribution in [0.5, 0.6) is 0 Å². The molecule has 0 saturated carbocycles. The second kappa shape index (κ2) is 18.7. The third kappa shape index (κ3) is 17.4. The quantitative estimate of drug-likeness (QED) is 0.0725. The van der Waals surface area contributed by atoms with Gasteiger partial charge in [-0.15, -0.1) is 0 Å². The van der Waals surface area contributed by atoms with Gasteiger partial charge in [0.05, 0.1) is 19.0 Å². The van der Waals surface area contributed by atoms with E-state index in [-0.39, 0.29) is 5.96 Å².